The van der Waals surface area contributed by atoms with Gasteiger partial charge in [-0.25, -0.2) is 4.79 Å². The number of ether oxygens (including phenoxy) is 1. The predicted molar refractivity (Wildman–Crippen MR) is 63.6 cm³/mol. The molecule has 0 aromatic carbocycles. The van der Waals surface area contributed by atoms with Gasteiger partial charge in [-0.2, -0.15) is 0 Å². The van der Waals surface area contributed by atoms with Crippen molar-refractivity contribution in [2.24, 2.45) is 7.05 Å². The molecule has 1 aromatic rings. The second-order valence-corrected chi connectivity index (χ2v) is 3.78. The lowest BCUT2D eigenvalue weighted by molar-refractivity contribution is -0.124. The van der Waals surface area contributed by atoms with E-state index < -0.39 is 5.97 Å². The Hall–Kier alpha value is -1.78. The average Bonchev–Trinajstić information content (AvgIpc) is 2.73. The van der Waals surface area contributed by atoms with Crippen molar-refractivity contribution in [3.63, 3.8) is 0 Å². The number of nitrogens with zero attached hydrogens (tertiary/aromatic N) is 1. The van der Waals surface area contributed by atoms with Gasteiger partial charge in [-0.1, -0.05) is 13.3 Å². The molecule has 0 bridgehead atoms. The molecular weight excluding hydrogens is 220 g/mol. The first-order chi connectivity index (χ1) is 8.15. The number of hydrogen-bond donors (Lipinski definition) is 1. The fourth-order valence-corrected chi connectivity index (χ4v) is 1.33. The number of carbonyl (C=O) groups is 2. The first-order valence-electron chi connectivity index (χ1n) is 5.70. The zero-order valence-corrected chi connectivity index (χ0v) is 10.2. The van der Waals surface area contributed by atoms with Crippen molar-refractivity contribution in [1.29, 1.82) is 0 Å². The monoisotopic (exact) mass is 238 g/mol. The molecule has 1 amide bonds. The van der Waals surface area contributed by atoms with Gasteiger partial charge in [0.25, 0.3) is 5.91 Å². The number of rotatable bonds is 6. The van der Waals surface area contributed by atoms with E-state index in [4.69, 9.17) is 4.74 Å². The summed E-state index contributed by atoms with van der Waals surface area (Å²) in [4.78, 5) is 22.8. The molecule has 5 heteroatoms. The van der Waals surface area contributed by atoms with Gasteiger partial charge in [-0.3, -0.25) is 4.79 Å². The van der Waals surface area contributed by atoms with Gasteiger partial charge in [0, 0.05) is 19.8 Å². The van der Waals surface area contributed by atoms with Gasteiger partial charge < -0.3 is 14.6 Å². The number of aryl methyl sites for hydroxylation is 1. The fourth-order valence-electron chi connectivity index (χ4n) is 1.33. The minimum absolute atomic E-state index is 0.228. The van der Waals surface area contributed by atoms with Crippen molar-refractivity contribution in [3.05, 3.63) is 24.0 Å². The summed E-state index contributed by atoms with van der Waals surface area (Å²) in [6.07, 6.45) is 3.69. The van der Waals surface area contributed by atoms with Crippen LogP contribution in [0.1, 0.15) is 30.3 Å². The Labute approximate surface area is 101 Å². The molecule has 1 aromatic heterocycles. The van der Waals surface area contributed by atoms with Crippen LogP contribution >= 0.6 is 0 Å². The van der Waals surface area contributed by atoms with Crippen LogP contribution in [0.3, 0.4) is 0 Å². The largest absolute Gasteiger partial charge is 0.451 e. The number of amides is 1. The summed E-state index contributed by atoms with van der Waals surface area (Å²) in [5, 5.41) is 2.68. The molecule has 94 valence electrons. The molecule has 1 N–H and O–H groups in total. The predicted octanol–water partition coefficient (Wildman–Crippen LogP) is 1.10. The van der Waals surface area contributed by atoms with Gasteiger partial charge in [0.2, 0.25) is 0 Å². The lowest BCUT2D eigenvalue weighted by atomic mass is 10.3. The molecule has 0 aliphatic carbocycles. The highest BCUT2D eigenvalue weighted by molar-refractivity contribution is 5.89. The third-order valence-electron chi connectivity index (χ3n) is 2.34. The first-order valence-corrected chi connectivity index (χ1v) is 5.70. The Morgan fingerprint density at radius 3 is 2.82 bits per heavy atom. The van der Waals surface area contributed by atoms with E-state index in [-0.39, 0.29) is 12.5 Å². The van der Waals surface area contributed by atoms with E-state index in [1.165, 1.54) is 0 Å². The van der Waals surface area contributed by atoms with E-state index in [1.807, 2.05) is 6.92 Å². The summed E-state index contributed by atoms with van der Waals surface area (Å²) in [6.45, 7) is 2.44. The van der Waals surface area contributed by atoms with Gasteiger partial charge in [-0.05, 0) is 18.6 Å². The molecule has 0 saturated carbocycles. The van der Waals surface area contributed by atoms with Crippen molar-refractivity contribution < 1.29 is 14.3 Å². The van der Waals surface area contributed by atoms with Crippen LogP contribution in [0.2, 0.25) is 0 Å². The van der Waals surface area contributed by atoms with Crippen LogP contribution in [-0.4, -0.2) is 29.6 Å². The number of unbranched alkanes of at least 4 members (excludes halogenated alkanes) is 1. The van der Waals surface area contributed by atoms with Gasteiger partial charge in [0.1, 0.15) is 5.69 Å². The summed E-state index contributed by atoms with van der Waals surface area (Å²) in [7, 11) is 1.75. The highest BCUT2D eigenvalue weighted by atomic mass is 16.5. The Kier molecular flexibility index (Phi) is 5.26. The quantitative estimate of drug-likeness (QED) is 0.596. The summed E-state index contributed by atoms with van der Waals surface area (Å²) in [5.74, 6) is -0.746. The number of nitrogens with one attached hydrogen (secondary N) is 1. The molecule has 1 heterocycles. The molecule has 0 radical (unpaired) electrons. The van der Waals surface area contributed by atoms with E-state index >= 15 is 0 Å². The zero-order valence-electron chi connectivity index (χ0n) is 10.2. The Morgan fingerprint density at radius 1 is 1.47 bits per heavy atom. The smallest absolute Gasteiger partial charge is 0.355 e. The molecular formula is C12H18N2O3. The molecule has 5 nitrogen and oxygen atoms in total. The maximum Gasteiger partial charge on any atom is 0.355 e. The van der Waals surface area contributed by atoms with Crippen LogP contribution in [0, 0.1) is 0 Å². The summed E-state index contributed by atoms with van der Waals surface area (Å²) in [6, 6.07) is 3.40. The third kappa shape index (κ3) is 4.30. The lowest BCUT2D eigenvalue weighted by Crippen LogP contribution is -2.29. The number of hydrogen-bond acceptors (Lipinski definition) is 3. The first kappa shape index (κ1) is 13.3. The topological polar surface area (TPSA) is 60.3 Å². The Morgan fingerprint density at radius 2 is 2.24 bits per heavy atom. The van der Waals surface area contributed by atoms with E-state index in [2.05, 4.69) is 5.32 Å². The van der Waals surface area contributed by atoms with Gasteiger partial charge >= 0.3 is 5.97 Å². The SMILES string of the molecule is CCCCNC(=O)COC(=O)c1cccn1C. The Balaban J connectivity index is 2.29. The fraction of sp³-hybridized carbons (Fsp3) is 0.500. The zero-order chi connectivity index (χ0) is 12.7. The average molecular weight is 238 g/mol. The van der Waals surface area contributed by atoms with E-state index in [1.54, 1.807) is 29.9 Å². The van der Waals surface area contributed by atoms with Crippen LogP contribution in [0.25, 0.3) is 0 Å². The molecule has 0 spiro atoms. The van der Waals surface area contributed by atoms with Crippen LogP contribution in [0.4, 0.5) is 0 Å². The summed E-state index contributed by atoms with van der Waals surface area (Å²) in [5.41, 5.74) is 0.436. The van der Waals surface area contributed by atoms with Gasteiger partial charge in [0.05, 0.1) is 0 Å². The Bertz CT molecular complexity index is 385. The maximum atomic E-state index is 11.5. The van der Waals surface area contributed by atoms with Gasteiger partial charge in [-0.15, -0.1) is 0 Å². The van der Waals surface area contributed by atoms with Crippen molar-refractivity contribution in [2.45, 2.75) is 19.8 Å². The summed E-state index contributed by atoms with van der Waals surface area (Å²) < 4.78 is 6.54. The maximum absolute atomic E-state index is 11.5. The van der Waals surface area contributed by atoms with Crippen molar-refractivity contribution in [1.82, 2.24) is 9.88 Å². The second kappa shape index (κ2) is 6.73. The molecule has 17 heavy (non-hydrogen) atoms. The van der Waals surface area contributed by atoms with Crippen molar-refractivity contribution >= 4 is 11.9 Å². The third-order valence-corrected chi connectivity index (χ3v) is 2.34. The molecule has 0 atom stereocenters. The van der Waals surface area contributed by atoms with E-state index in [9.17, 15) is 9.59 Å². The number of carbonyl (C=O) groups excluding carboxylic acids is 2. The number of esters is 1. The molecule has 0 aliphatic heterocycles. The molecule has 0 unspecified atom stereocenters. The minimum atomic E-state index is -0.483. The molecule has 0 aliphatic rings. The second-order valence-electron chi connectivity index (χ2n) is 3.78. The van der Waals surface area contributed by atoms with Crippen LogP contribution in [0.5, 0.6) is 0 Å². The molecule has 0 fully saturated rings. The molecule has 0 saturated heterocycles. The highest BCUT2D eigenvalue weighted by Crippen LogP contribution is 2.01. The van der Waals surface area contributed by atoms with Crippen LogP contribution in [0.15, 0.2) is 18.3 Å². The lowest BCUT2D eigenvalue weighted by Gasteiger charge is -2.06. The number of aromatic nitrogens is 1. The molecule has 1 rings (SSSR count). The van der Waals surface area contributed by atoms with Crippen molar-refractivity contribution in [3.8, 4) is 0 Å². The van der Waals surface area contributed by atoms with Crippen LogP contribution in [-0.2, 0) is 16.6 Å². The van der Waals surface area contributed by atoms with Crippen LogP contribution < -0.4 is 5.32 Å². The van der Waals surface area contributed by atoms with E-state index in [0.29, 0.717) is 12.2 Å². The van der Waals surface area contributed by atoms with Crippen molar-refractivity contribution in [2.75, 3.05) is 13.2 Å². The van der Waals surface area contributed by atoms with Gasteiger partial charge in [0.15, 0.2) is 6.61 Å². The summed E-state index contributed by atoms with van der Waals surface area (Å²) >= 11 is 0. The highest BCUT2D eigenvalue weighted by Gasteiger charge is 2.11. The minimum Gasteiger partial charge on any atom is -0.451 e. The standard InChI is InChI=1S/C12H18N2O3/c1-3-4-7-13-11(15)9-17-12(16)10-6-5-8-14(10)2/h5-6,8H,3-4,7,9H2,1-2H3,(H,13,15). The van der Waals surface area contributed by atoms with E-state index in [0.717, 1.165) is 12.8 Å². The normalized spacial score (nSPS) is 10.0.